The Morgan fingerprint density at radius 1 is 1.47 bits per heavy atom. The van der Waals surface area contributed by atoms with E-state index < -0.39 is 0 Å². The summed E-state index contributed by atoms with van der Waals surface area (Å²) in [5.74, 6) is -0.169. The van der Waals surface area contributed by atoms with Crippen LogP contribution >= 0.6 is 0 Å². The van der Waals surface area contributed by atoms with Crippen molar-refractivity contribution in [2.75, 3.05) is 6.61 Å². The number of nitrogens with one attached hydrogen (secondary N) is 1. The summed E-state index contributed by atoms with van der Waals surface area (Å²) in [5.41, 5.74) is 1.00. The van der Waals surface area contributed by atoms with Crippen LogP contribution in [0, 0.1) is 5.82 Å². The topological polar surface area (TPSA) is 21.3 Å². The minimum absolute atomic E-state index is 0.169. The Hall–Kier alpha value is -0.930. The highest BCUT2D eigenvalue weighted by molar-refractivity contribution is 5.19. The van der Waals surface area contributed by atoms with Gasteiger partial charge in [-0.2, -0.15) is 0 Å². The minimum atomic E-state index is -0.169. The van der Waals surface area contributed by atoms with Gasteiger partial charge in [0.2, 0.25) is 0 Å². The summed E-state index contributed by atoms with van der Waals surface area (Å²) in [6.07, 6.45) is 2.54. The fourth-order valence-corrected chi connectivity index (χ4v) is 2.30. The van der Waals surface area contributed by atoms with Crippen molar-refractivity contribution in [3.05, 3.63) is 35.6 Å². The van der Waals surface area contributed by atoms with Crippen LogP contribution in [0.2, 0.25) is 0 Å². The highest BCUT2D eigenvalue weighted by Gasteiger charge is 2.30. The van der Waals surface area contributed by atoms with Crippen LogP contribution in [0.1, 0.15) is 38.3 Å². The molecule has 1 N–H and O–H groups in total. The van der Waals surface area contributed by atoms with Crippen LogP contribution in [0.25, 0.3) is 0 Å². The Labute approximate surface area is 102 Å². The summed E-state index contributed by atoms with van der Waals surface area (Å²) < 4.78 is 18.6. The maximum atomic E-state index is 13.1. The first-order valence-electron chi connectivity index (χ1n) is 6.32. The van der Waals surface area contributed by atoms with E-state index in [-0.39, 0.29) is 11.9 Å². The lowest BCUT2D eigenvalue weighted by Crippen LogP contribution is -2.46. The maximum absolute atomic E-state index is 13.1. The van der Waals surface area contributed by atoms with Gasteiger partial charge in [0.15, 0.2) is 0 Å². The SMILES string of the molecule is CCOC1CC(N[C@H](C)c2cccc(F)c2)C1. The van der Waals surface area contributed by atoms with Gasteiger partial charge in [0.05, 0.1) is 6.10 Å². The van der Waals surface area contributed by atoms with Crippen molar-refractivity contribution < 1.29 is 9.13 Å². The van der Waals surface area contributed by atoms with Crippen molar-refractivity contribution >= 4 is 0 Å². The highest BCUT2D eigenvalue weighted by atomic mass is 19.1. The molecule has 0 aliphatic heterocycles. The van der Waals surface area contributed by atoms with E-state index in [1.807, 2.05) is 13.0 Å². The van der Waals surface area contributed by atoms with E-state index in [9.17, 15) is 4.39 Å². The van der Waals surface area contributed by atoms with Crippen molar-refractivity contribution in [2.24, 2.45) is 0 Å². The van der Waals surface area contributed by atoms with Gasteiger partial charge < -0.3 is 10.1 Å². The lowest BCUT2D eigenvalue weighted by atomic mass is 9.88. The number of benzene rings is 1. The van der Waals surface area contributed by atoms with E-state index in [1.54, 1.807) is 12.1 Å². The first-order chi connectivity index (χ1) is 8.19. The maximum Gasteiger partial charge on any atom is 0.123 e. The predicted molar refractivity (Wildman–Crippen MR) is 66.4 cm³/mol. The van der Waals surface area contributed by atoms with E-state index >= 15 is 0 Å². The fourth-order valence-electron chi connectivity index (χ4n) is 2.30. The second kappa shape index (κ2) is 5.61. The van der Waals surface area contributed by atoms with Crippen molar-refractivity contribution in [3.63, 3.8) is 0 Å². The molecule has 0 amide bonds. The Kier molecular flexibility index (Phi) is 4.13. The zero-order valence-corrected chi connectivity index (χ0v) is 10.4. The molecule has 1 aliphatic carbocycles. The molecular formula is C14H20FNO. The Morgan fingerprint density at radius 2 is 2.24 bits per heavy atom. The molecule has 0 bridgehead atoms. The van der Waals surface area contributed by atoms with Gasteiger partial charge in [-0.15, -0.1) is 0 Å². The van der Waals surface area contributed by atoms with Crippen molar-refractivity contribution in [3.8, 4) is 0 Å². The lowest BCUT2D eigenvalue weighted by Gasteiger charge is -2.37. The predicted octanol–water partition coefficient (Wildman–Crippen LogP) is 3.04. The van der Waals surface area contributed by atoms with E-state index in [2.05, 4.69) is 12.2 Å². The molecule has 0 saturated heterocycles. The van der Waals surface area contributed by atoms with E-state index in [4.69, 9.17) is 4.74 Å². The average Bonchev–Trinajstić information content (AvgIpc) is 2.26. The molecule has 1 aromatic rings. The second-order valence-electron chi connectivity index (χ2n) is 4.69. The molecule has 0 spiro atoms. The molecule has 17 heavy (non-hydrogen) atoms. The lowest BCUT2D eigenvalue weighted by molar-refractivity contribution is -0.0120. The number of rotatable bonds is 5. The molecule has 0 radical (unpaired) electrons. The molecule has 3 heteroatoms. The van der Waals surface area contributed by atoms with Crippen molar-refractivity contribution in [1.29, 1.82) is 0 Å². The second-order valence-corrected chi connectivity index (χ2v) is 4.69. The third kappa shape index (κ3) is 3.27. The molecule has 1 saturated carbocycles. The molecule has 1 fully saturated rings. The first-order valence-corrected chi connectivity index (χ1v) is 6.32. The third-order valence-corrected chi connectivity index (χ3v) is 3.33. The molecule has 1 aliphatic rings. The fraction of sp³-hybridized carbons (Fsp3) is 0.571. The number of hydrogen-bond donors (Lipinski definition) is 1. The van der Waals surface area contributed by atoms with Crippen LogP contribution in [0.15, 0.2) is 24.3 Å². The summed E-state index contributed by atoms with van der Waals surface area (Å²) in [6.45, 7) is 4.88. The Morgan fingerprint density at radius 3 is 2.88 bits per heavy atom. The van der Waals surface area contributed by atoms with Gasteiger partial charge in [-0.3, -0.25) is 0 Å². The summed E-state index contributed by atoms with van der Waals surface area (Å²) in [5, 5.41) is 3.50. The van der Waals surface area contributed by atoms with Crippen LogP contribution in [0.4, 0.5) is 4.39 Å². The van der Waals surface area contributed by atoms with Gasteiger partial charge in [-0.1, -0.05) is 12.1 Å². The Bertz CT molecular complexity index is 363. The monoisotopic (exact) mass is 237 g/mol. The molecule has 1 atom stereocenters. The quantitative estimate of drug-likeness (QED) is 0.850. The smallest absolute Gasteiger partial charge is 0.123 e. The molecule has 0 heterocycles. The van der Waals surface area contributed by atoms with Crippen LogP contribution in [0.3, 0.4) is 0 Å². The molecular weight excluding hydrogens is 217 g/mol. The summed E-state index contributed by atoms with van der Waals surface area (Å²) in [4.78, 5) is 0. The van der Waals surface area contributed by atoms with Crippen LogP contribution in [0.5, 0.6) is 0 Å². The zero-order chi connectivity index (χ0) is 12.3. The van der Waals surface area contributed by atoms with Gasteiger partial charge in [0.25, 0.3) is 0 Å². The molecule has 0 unspecified atom stereocenters. The number of hydrogen-bond acceptors (Lipinski definition) is 2. The molecule has 94 valence electrons. The molecule has 2 rings (SSSR count). The van der Waals surface area contributed by atoms with E-state index in [1.165, 1.54) is 6.07 Å². The largest absolute Gasteiger partial charge is 0.378 e. The average molecular weight is 237 g/mol. The Balaban J connectivity index is 1.80. The van der Waals surface area contributed by atoms with Crippen molar-refractivity contribution in [2.45, 2.75) is 44.9 Å². The van der Waals surface area contributed by atoms with Gasteiger partial charge in [-0.05, 0) is 44.4 Å². The van der Waals surface area contributed by atoms with E-state index in [0.717, 1.165) is 25.0 Å². The normalized spacial score (nSPS) is 25.4. The standard InChI is InChI=1S/C14H20FNO/c1-3-17-14-8-13(9-14)16-10(2)11-5-4-6-12(15)7-11/h4-7,10,13-14,16H,3,8-9H2,1-2H3/t10-,13?,14?/m1/s1. The van der Waals surface area contributed by atoms with Gasteiger partial charge in [0, 0.05) is 18.7 Å². The van der Waals surface area contributed by atoms with Crippen molar-refractivity contribution in [1.82, 2.24) is 5.32 Å². The van der Waals surface area contributed by atoms with Gasteiger partial charge >= 0.3 is 0 Å². The van der Waals surface area contributed by atoms with Crippen LogP contribution in [-0.2, 0) is 4.74 Å². The molecule has 0 aromatic heterocycles. The summed E-state index contributed by atoms with van der Waals surface area (Å²) in [6, 6.07) is 7.48. The zero-order valence-electron chi connectivity index (χ0n) is 10.4. The number of halogens is 1. The third-order valence-electron chi connectivity index (χ3n) is 3.33. The number of ether oxygens (including phenoxy) is 1. The minimum Gasteiger partial charge on any atom is -0.378 e. The van der Waals surface area contributed by atoms with Gasteiger partial charge in [0.1, 0.15) is 5.82 Å². The van der Waals surface area contributed by atoms with Crippen LogP contribution < -0.4 is 5.32 Å². The molecule has 2 nitrogen and oxygen atoms in total. The summed E-state index contributed by atoms with van der Waals surface area (Å²) >= 11 is 0. The highest BCUT2D eigenvalue weighted by Crippen LogP contribution is 2.26. The van der Waals surface area contributed by atoms with Crippen LogP contribution in [-0.4, -0.2) is 18.8 Å². The van der Waals surface area contributed by atoms with Gasteiger partial charge in [-0.25, -0.2) is 4.39 Å². The van der Waals surface area contributed by atoms with E-state index in [0.29, 0.717) is 12.1 Å². The summed E-state index contributed by atoms with van der Waals surface area (Å²) in [7, 11) is 0. The molecule has 1 aromatic carbocycles. The first kappa shape index (κ1) is 12.5.